The van der Waals surface area contributed by atoms with Crippen LogP contribution in [-0.4, -0.2) is 23.5 Å². The highest BCUT2D eigenvalue weighted by atomic mass is 35.5. The molecule has 3 rings (SSSR count). The van der Waals surface area contributed by atoms with Gasteiger partial charge in [-0.1, -0.05) is 64.1 Å². The van der Waals surface area contributed by atoms with E-state index in [2.05, 4.69) is 87.0 Å². The third-order valence-electron chi connectivity index (χ3n) is 4.91. The van der Waals surface area contributed by atoms with Gasteiger partial charge >= 0.3 is 0 Å². The predicted octanol–water partition coefficient (Wildman–Crippen LogP) is 1.94. The second-order valence-electron chi connectivity index (χ2n) is 7.33. The molecule has 1 N–H and O–H groups in total. The van der Waals surface area contributed by atoms with Crippen molar-refractivity contribution in [2.75, 3.05) is 13.1 Å². The van der Waals surface area contributed by atoms with Crippen LogP contribution in [0.3, 0.4) is 0 Å². The van der Waals surface area contributed by atoms with Gasteiger partial charge < -0.3 is 12.4 Å². The molecule has 25 heavy (non-hydrogen) atoms. The fourth-order valence-electron chi connectivity index (χ4n) is 3.65. The molecule has 0 spiro atoms. The van der Waals surface area contributed by atoms with Gasteiger partial charge in [-0.2, -0.15) is 0 Å². The van der Waals surface area contributed by atoms with Gasteiger partial charge in [-0.3, -0.25) is 5.32 Å². The molecule has 1 aliphatic heterocycles. The zero-order chi connectivity index (χ0) is 17.3. The highest BCUT2D eigenvalue weighted by Crippen LogP contribution is 2.30. The van der Waals surface area contributed by atoms with E-state index < -0.39 is 0 Å². The van der Waals surface area contributed by atoms with Crippen molar-refractivity contribution >= 4 is 11.5 Å². The molecule has 0 radical (unpaired) electrons. The minimum absolute atomic E-state index is 0. The Morgan fingerprint density at radius 3 is 2.04 bits per heavy atom. The van der Waals surface area contributed by atoms with Gasteiger partial charge in [-0.15, -0.1) is 0 Å². The van der Waals surface area contributed by atoms with E-state index in [9.17, 15) is 0 Å². The van der Waals surface area contributed by atoms with Crippen LogP contribution in [-0.2, 0) is 0 Å². The van der Waals surface area contributed by atoms with Gasteiger partial charge in [0.05, 0.1) is 5.56 Å². The van der Waals surface area contributed by atoms with Gasteiger partial charge in [0.25, 0.3) is 5.84 Å². The molecule has 0 unspecified atom stereocenters. The highest BCUT2D eigenvalue weighted by Gasteiger charge is 2.30. The van der Waals surface area contributed by atoms with Crippen molar-refractivity contribution in [3.63, 3.8) is 0 Å². The molecule has 0 amide bonds. The predicted molar refractivity (Wildman–Crippen MR) is 103 cm³/mol. The molecule has 2 aromatic rings. The topological polar surface area (TPSA) is 15.0 Å². The Bertz CT molecular complexity index is 749. The lowest BCUT2D eigenvalue weighted by Crippen LogP contribution is -3.00. The van der Waals surface area contributed by atoms with Crippen LogP contribution in [0.2, 0.25) is 0 Å². The Hall–Kier alpha value is -1.80. The maximum atomic E-state index is 3.68. The molecule has 0 aromatic heterocycles. The molecule has 1 aliphatic rings. The van der Waals surface area contributed by atoms with Crippen LogP contribution in [0.5, 0.6) is 0 Å². The molecule has 0 bridgehead atoms. The summed E-state index contributed by atoms with van der Waals surface area (Å²) in [5.74, 6) is 2.29. The number of rotatable bonds is 4. The number of hydrogen-bond acceptors (Lipinski definition) is 1. The van der Waals surface area contributed by atoms with Crippen LogP contribution in [0, 0.1) is 6.92 Å². The van der Waals surface area contributed by atoms with E-state index in [4.69, 9.17) is 0 Å². The zero-order valence-corrected chi connectivity index (χ0v) is 16.7. The second-order valence-corrected chi connectivity index (χ2v) is 7.33. The van der Waals surface area contributed by atoms with E-state index in [-0.39, 0.29) is 12.4 Å². The monoisotopic (exact) mass is 356 g/mol. The smallest absolute Gasteiger partial charge is 0.283 e. The van der Waals surface area contributed by atoms with Gasteiger partial charge in [0.15, 0.2) is 0 Å². The van der Waals surface area contributed by atoms with Crippen LogP contribution >= 0.6 is 0 Å². The van der Waals surface area contributed by atoms with Crippen LogP contribution in [0.25, 0.3) is 0 Å². The van der Waals surface area contributed by atoms with Crippen LogP contribution in [0.1, 0.15) is 61.8 Å². The fourth-order valence-corrected chi connectivity index (χ4v) is 3.65. The number of aryl methyl sites for hydroxylation is 1. The Balaban J connectivity index is 0.00000225. The molecule has 1 heterocycles. The molecule has 0 saturated heterocycles. The van der Waals surface area contributed by atoms with E-state index in [1.165, 1.54) is 33.8 Å². The minimum Gasteiger partial charge on any atom is -1.00 e. The summed E-state index contributed by atoms with van der Waals surface area (Å²) >= 11 is 0. The molecular weight excluding hydrogens is 328 g/mol. The Kier molecular flexibility index (Phi) is 6.29. The van der Waals surface area contributed by atoms with E-state index >= 15 is 0 Å². The molecule has 2 nitrogen and oxygen atoms in total. The molecule has 0 saturated carbocycles. The van der Waals surface area contributed by atoms with Crippen LogP contribution < -0.4 is 17.7 Å². The summed E-state index contributed by atoms with van der Waals surface area (Å²) in [6, 6.07) is 15.5. The molecular formula is C22H29ClN2. The summed E-state index contributed by atoms with van der Waals surface area (Å²) in [5, 5.41) is 3.68. The van der Waals surface area contributed by atoms with Crippen LogP contribution in [0.4, 0.5) is 5.69 Å². The van der Waals surface area contributed by atoms with Crippen molar-refractivity contribution in [3.8, 4) is 0 Å². The first-order valence-electron chi connectivity index (χ1n) is 9.08. The summed E-state index contributed by atoms with van der Waals surface area (Å²) in [5.41, 5.74) is 6.91. The highest BCUT2D eigenvalue weighted by molar-refractivity contribution is 5.99. The summed E-state index contributed by atoms with van der Waals surface area (Å²) in [6.45, 7) is 13.4. The number of benzene rings is 2. The molecule has 134 valence electrons. The first-order chi connectivity index (χ1) is 11.5. The van der Waals surface area contributed by atoms with Crippen molar-refractivity contribution in [1.29, 1.82) is 0 Å². The number of nitrogens with zero attached hydrogens (tertiary/aromatic N) is 1. The lowest BCUT2D eigenvalue weighted by Gasteiger charge is -2.18. The van der Waals surface area contributed by atoms with Gasteiger partial charge in [-0.25, -0.2) is 4.58 Å². The standard InChI is InChI=1S/C22H28N2.ClH/c1-15(2)18-10-8-11-19(16(3)4)21(18)22-23-13-14-24(22)20-12-7-6-9-17(20)5;/h6-12,15-16H,13-14H2,1-5H3;1H. The normalized spacial score (nSPS) is 14.0. The van der Waals surface area contributed by atoms with Crippen molar-refractivity contribution in [2.24, 2.45) is 0 Å². The van der Waals surface area contributed by atoms with Gasteiger partial charge in [0.2, 0.25) is 0 Å². The molecule has 0 atom stereocenters. The Morgan fingerprint density at radius 2 is 1.48 bits per heavy atom. The maximum Gasteiger partial charge on any atom is 0.283 e. The average Bonchev–Trinajstić information content (AvgIpc) is 3.03. The molecule has 0 fully saturated rings. The zero-order valence-electron chi connectivity index (χ0n) is 15.9. The quantitative estimate of drug-likeness (QED) is 0.827. The van der Waals surface area contributed by atoms with Gasteiger partial charge in [-0.05, 0) is 41.5 Å². The van der Waals surface area contributed by atoms with E-state index in [0.717, 1.165) is 13.1 Å². The fraction of sp³-hybridized carbons (Fsp3) is 0.409. The SMILES string of the molecule is Cc1ccccc1[N+]1=C(c2c(C(C)C)cccc2C(C)C)NCC1.[Cl-]. The largest absolute Gasteiger partial charge is 1.00 e. The summed E-state index contributed by atoms with van der Waals surface area (Å²) in [7, 11) is 0. The van der Waals surface area contributed by atoms with Crippen molar-refractivity contribution in [2.45, 2.75) is 46.5 Å². The second kappa shape index (κ2) is 8.05. The number of hydrogen-bond donors (Lipinski definition) is 1. The number of halogens is 1. The third-order valence-corrected chi connectivity index (χ3v) is 4.91. The lowest BCUT2D eigenvalue weighted by molar-refractivity contribution is -0.428. The van der Waals surface area contributed by atoms with Crippen LogP contribution in [0.15, 0.2) is 42.5 Å². The Labute approximate surface area is 158 Å². The number of amidine groups is 1. The van der Waals surface area contributed by atoms with Crippen molar-refractivity contribution < 1.29 is 17.0 Å². The van der Waals surface area contributed by atoms with Crippen molar-refractivity contribution in [1.82, 2.24) is 5.32 Å². The number of para-hydroxylation sites is 1. The molecule has 3 heteroatoms. The first-order valence-corrected chi connectivity index (χ1v) is 9.08. The summed E-state index contributed by atoms with van der Waals surface area (Å²) in [6.07, 6.45) is 0. The summed E-state index contributed by atoms with van der Waals surface area (Å²) in [4.78, 5) is 0. The Morgan fingerprint density at radius 1 is 0.880 bits per heavy atom. The molecule has 2 aromatic carbocycles. The lowest BCUT2D eigenvalue weighted by atomic mass is 9.88. The first kappa shape index (κ1) is 19.5. The van der Waals surface area contributed by atoms with E-state index in [1.807, 2.05) is 0 Å². The van der Waals surface area contributed by atoms with E-state index in [0.29, 0.717) is 11.8 Å². The average molecular weight is 357 g/mol. The van der Waals surface area contributed by atoms with E-state index in [1.54, 1.807) is 0 Å². The van der Waals surface area contributed by atoms with Gasteiger partial charge in [0, 0.05) is 0 Å². The molecule has 0 aliphatic carbocycles. The van der Waals surface area contributed by atoms with Crippen molar-refractivity contribution in [3.05, 3.63) is 64.7 Å². The number of nitrogens with one attached hydrogen (secondary N) is 1. The third kappa shape index (κ3) is 3.74. The maximum absolute atomic E-state index is 3.68. The summed E-state index contributed by atoms with van der Waals surface area (Å²) < 4.78 is 2.46. The minimum atomic E-state index is 0. The van der Waals surface area contributed by atoms with Gasteiger partial charge in [0.1, 0.15) is 18.8 Å².